The molecule has 1 aliphatic heterocycles. The highest BCUT2D eigenvalue weighted by Crippen LogP contribution is 2.23. The molecule has 1 aromatic carbocycles. The van der Waals surface area contributed by atoms with Gasteiger partial charge in [0, 0.05) is 24.8 Å². The van der Waals surface area contributed by atoms with Gasteiger partial charge in [-0.25, -0.2) is 0 Å². The number of nitrogens with zero attached hydrogens (tertiary/aromatic N) is 3. The number of aromatic nitrogens is 3. The van der Waals surface area contributed by atoms with Gasteiger partial charge in [-0.05, 0) is 24.1 Å². The number of fused-ring (bicyclic) bond motifs is 1. The van der Waals surface area contributed by atoms with Gasteiger partial charge in [-0.2, -0.15) is 0 Å². The number of aryl methyl sites for hydroxylation is 1. The van der Waals surface area contributed by atoms with Gasteiger partial charge in [0.15, 0.2) is 5.82 Å². The molecule has 3 rings (SSSR count). The highest BCUT2D eigenvalue weighted by molar-refractivity contribution is 5.95. The maximum absolute atomic E-state index is 12.1. The van der Waals surface area contributed by atoms with E-state index in [-0.39, 0.29) is 5.91 Å². The molecular weight excluding hydrogens is 242 g/mol. The van der Waals surface area contributed by atoms with E-state index in [9.17, 15) is 4.79 Å². The minimum atomic E-state index is -0.0977. The Balaban J connectivity index is 1.69. The monoisotopic (exact) mass is 257 g/mol. The van der Waals surface area contributed by atoms with E-state index in [4.69, 9.17) is 0 Å². The third kappa shape index (κ3) is 2.29. The molecule has 6 nitrogen and oxygen atoms in total. The fraction of sp³-hybridized carbons (Fsp3) is 0.308. The zero-order valence-electron chi connectivity index (χ0n) is 10.7. The van der Waals surface area contributed by atoms with Gasteiger partial charge >= 0.3 is 0 Å². The predicted octanol–water partition coefficient (Wildman–Crippen LogP) is 0.713. The first-order valence-electron chi connectivity index (χ1n) is 6.22. The van der Waals surface area contributed by atoms with Crippen molar-refractivity contribution in [2.45, 2.75) is 13.0 Å². The minimum absolute atomic E-state index is 0.0977. The van der Waals surface area contributed by atoms with Gasteiger partial charge in [0.25, 0.3) is 5.91 Å². The fourth-order valence-electron chi connectivity index (χ4n) is 2.16. The summed E-state index contributed by atoms with van der Waals surface area (Å²) >= 11 is 0. The smallest absolute Gasteiger partial charge is 0.251 e. The van der Waals surface area contributed by atoms with E-state index in [1.807, 2.05) is 25.2 Å². The molecule has 6 heteroatoms. The molecule has 0 unspecified atom stereocenters. The quantitative estimate of drug-likeness (QED) is 0.849. The molecular formula is C13H15N5O. The number of benzene rings is 1. The van der Waals surface area contributed by atoms with Gasteiger partial charge in [-0.15, -0.1) is 10.2 Å². The van der Waals surface area contributed by atoms with E-state index >= 15 is 0 Å². The number of hydrogen-bond acceptors (Lipinski definition) is 4. The van der Waals surface area contributed by atoms with Crippen LogP contribution in [0, 0.1) is 0 Å². The number of anilines is 1. The van der Waals surface area contributed by atoms with Crippen molar-refractivity contribution in [2.24, 2.45) is 7.05 Å². The average molecular weight is 257 g/mol. The highest BCUT2D eigenvalue weighted by atomic mass is 16.1. The van der Waals surface area contributed by atoms with Crippen molar-refractivity contribution in [1.29, 1.82) is 0 Å². The summed E-state index contributed by atoms with van der Waals surface area (Å²) in [5.41, 5.74) is 2.99. The van der Waals surface area contributed by atoms with Crippen LogP contribution in [0.15, 0.2) is 24.5 Å². The maximum atomic E-state index is 12.1. The molecule has 0 saturated carbocycles. The molecule has 1 amide bonds. The molecule has 1 aliphatic rings. The van der Waals surface area contributed by atoms with Crippen LogP contribution in [0.4, 0.5) is 5.69 Å². The first-order chi connectivity index (χ1) is 9.24. The Bertz CT molecular complexity index is 619. The van der Waals surface area contributed by atoms with Crippen LogP contribution in [0.2, 0.25) is 0 Å². The highest BCUT2D eigenvalue weighted by Gasteiger charge is 2.13. The Morgan fingerprint density at radius 3 is 3.21 bits per heavy atom. The van der Waals surface area contributed by atoms with Crippen LogP contribution in [0.3, 0.4) is 0 Å². The van der Waals surface area contributed by atoms with Crippen molar-refractivity contribution in [3.63, 3.8) is 0 Å². The van der Waals surface area contributed by atoms with E-state index in [0.29, 0.717) is 12.1 Å². The van der Waals surface area contributed by atoms with E-state index in [0.717, 1.165) is 24.5 Å². The van der Waals surface area contributed by atoms with Gasteiger partial charge in [0.1, 0.15) is 6.33 Å². The maximum Gasteiger partial charge on any atom is 0.251 e. The van der Waals surface area contributed by atoms with E-state index in [2.05, 4.69) is 20.8 Å². The lowest BCUT2D eigenvalue weighted by Gasteiger charge is -2.06. The molecule has 2 aromatic rings. The van der Waals surface area contributed by atoms with Gasteiger partial charge in [-0.1, -0.05) is 6.07 Å². The molecule has 0 fully saturated rings. The SMILES string of the molecule is Cn1cnnc1CNC(=O)c1ccc2c(c1)NCC2. The van der Waals surface area contributed by atoms with Crippen molar-refractivity contribution in [1.82, 2.24) is 20.1 Å². The molecule has 0 aliphatic carbocycles. The summed E-state index contributed by atoms with van der Waals surface area (Å²) in [6.45, 7) is 1.32. The van der Waals surface area contributed by atoms with Crippen LogP contribution in [0.1, 0.15) is 21.7 Å². The molecule has 0 bridgehead atoms. The van der Waals surface area contributed by atoms with Crippen molar-refractivity contribution in [2.75, 3.05) is 11.9 Å². The number of carbonyl (C=O) groups is 1. The predicted molar refractivity (Wildman–Crippen MR) is 70.8 cm³/mol. The Morgan fingerprint density at radius 2 is 2.42 bits per heavy atom. The number of carbonyl (C=O) groups excluding carboxylic acids is 1. The molecule has 2 heterocycles. The first kappa shape index (κ1) is 11.7. The second kappa shape index (κ2) is 4.72. The second-order valence-electron chi connectivity index (χ2n) is 4.59. The lowest BCUT2D eigenvalue weighted by molar-refractivity contribution is 0.0949. The Labute approximate surface area is 110 Å². The lowest BCUT2D eigenvalue weighted by Crippen LogP contribution is -2.24. The Morgan fingerprint density at radius 1 is 1.53 bits per heavy atom. The first-order valence-corrected chi connectivity index (χ1v) is 6.22. The Kier molecular flexibility index (Phi) is 2.91. The number of rotatable bonds is 3. The molecule has 19 heavy (non-hydrogen) atoms. The van der Waals surface area contributed by atoms with E-state index in [1.165, 1.54) is 5.56 Å². The van der Waals surface area contributed by atoms with Crippen molar-refractivity contribution >= 4 is 11.6 Å². The number of amides is 1. The molecule has 98 valence electrons. The van der Waals surface area contributed by atoms with E-state index < -0.39 is 0 Å². The van der Waals surface area contributed by atoms with Crippen LogP contribution in [-0.2, 0) is 20.0 Å². The fourth-order valence-corrected chi connectivity index (χ4v) is 2.16. The summed E-state index contributed by atoms with van der Waals surface area (Å²) in [4.78, 5) is 12.1. The summed E-state index contributed by atoms with van der Waals surface area (Å²) in [6.07, 6.45) is 2.64. The van der Waals surface area contributed by atoms with E-state index in [1.54, 1.807) is 10.9 Å². The zero-order valence-corrected chi connectivity index (χ0v) is 10.7. The minimum Gasteiger partial charge on any atom is -0.384 e. The third-order valence-corrected chi connectivity index (χ3v) is 3.29. The topological polar surface area (TPSA) is 71.8 Å². The third-order valence-electron chi connectivity index (χ3n) is 3.29. The van der Waals surface area contributed by atoms with Crippen molar-refractivity contribution in [3.05, 3.63) is 41.5 Å². The molecule has 0 spiro atoms. The zero-order chi connectivity index (χ0) is 13.2. The standard InChI is InChI=1S/C13H15N5O/c1-18-8-16-17-12(18)7-15-13(19)10-3-2-9-4-5-14-11(9)6-10/h2-3,6,8,14H,4-5,7H2,1H3,(H,15,19). The number of nitrogens with one attached hydrogen (secondary N) is 2. The summed E-state index contributed by atoms with van der Waals surface area (Å²) in [6, 6.07) is 5.76. The molecule has 1 aromatic heterocycles. The van der Waals surface area contributed by atoms with Gasteiger partial charge < -0.3 is 15.2 Å². The summed E-state index contributed by atoms with van der Waals surface area (Å²) in [5, 5.41) is 13.8. The second-order valence-corrected chi connectivity index (χ2v) is 4.59. The van der Waals surface area contributed by atoms with Crippen LogP contribution < -0.4 is 10.6 Å². The molecule has 0 radical (unpaired) electrons. The van der Waals surface area contributed by atoms with Gasteiger partial charge in [0.2, 0.25) is 0 Å². The lowest BCUT2D eigenvalue weighted by atomic mass is 10.1. The van der Waals surface area contributed by atoms with Crippen LogP contribution in [0.25, 0.3) is 0 Å². The number of hydrogen-bond donors (Lipinski definition) is 2. The molecule has 0 saturated heterocycles. The summed E-state index contributed by atoms with van der Waals surface area (Å²) < 4.78 is 1.78. The van der Waals surface area contributed by atoms with Crippen molar-refractivity contribution in [3.8, 4) is 0 Å². The molecule has 2 N–H and O–H groups in total. The Hall–Kier alpha value is -2.37. The summed E-state index contributed by atoms with van der Waals surface area (Å²) in [7, 11) is 1.85. The van der Waals surface area contributed by atoms with Crippen molar-refractivity contribution < 1.29 is 4.79 Å². The van der Waals surface area contributed by atoms with Crippen LogP contribution >= 0.6 is 0 Å². The van der Waals surface area contributed by atoms with Gasteiger partial charge in [0.05, 0.1) is 6.54 Å². The van der Waals surface area contributed by atoms with Crippen LogP contribution in [-0.4, -0.2) is 27.2 Å². The van der Waals surface area contributed by atoms with Crippen LogP contribution in [0.5, 0.6) is 0 Å². The largest absolute Gasteiger partial charge is 0.384 e. The molecule has 0 atom stereocenters. The average Bonchev–Trinajstić information content (AvgIpc) is 3.03. The summed E-state index contributed by atoms with van der Waals surface area (Å²) in [5.74, 6) is 0.632. The normalized spacial score (nSPS) is 12.9. The van der Waals surface area contributed by atoms with Gasteiger partial charge in [-0.3, -0.25) is 4.79 Å².